The second-order valence-electron chi connectivity index (χ2n) is 6.34. The van der Waals surface area contributed by atoms with Gasteiger partial charge in [0.1, 0.15) is 0 Å². The molecule has 0 spiro atoms. The summed E-state index contributed by atoms with van der Waals surface area (Å²) in [5.74, 6) is 0. The summed E-state index contributed by atoms with van der Waals surface area (Å²) in [5, 5.41) is 4.00. The molecule has 23 heavy (non-hydrogen) atoms. The number of rotatable bonds is 8. The first-order chi connectivity index (χ1) is 11.0. The summed E-state index contributed by atoms with van der Waals surface area (Å²) in [4.78, 5) is 0. The maximum absolute atomic E-state index is 12.7. The van der Waals surface area contributed by atoms with Crippen LogP contribution in [0.4, 0.5) is 0 Å². The summed E-state index contributed by atoms with van der Waals surface area (Å²) in [6, 6.07) is -0.151. The van der Waals surface area contributed by atoms with Gasteiger partial charge in [-0.3, -0.25) is 4.68 Å². The minimum atomic E-state index is -3.20. The Kier molecular flexibility index (Phi) is 5.05. The van der Waals surface area contributed by atoms with Gasteiger partial charge in [-0.2, -0.15) is 9.40 Å². The highest BCUT2D eigenvalue weighted by atomic mass is 32.2. The quantitative estimate of drug-likeness (QED) is 0.645. The van der Waals surface area contributed by atoms with Crippen LogP contribution in [0.1, 0.15) is 24.8 Å². The van der Waals surface area contributed by atoms with Gasteiger partial charge in [0.2, 0.25) is 10.0 Å². The Morgan fingerprint density at radius 1 is 1.30 bits per heavy atom. The van der Waals surface area contributed by atoms with Crippen LogP contribution >= 0.6 is 0 Å². The molecule has 0 amide bonds. The van der Waals surface area contributed by atoms with Gasteiger partial charge in [0.15, 0.2) is 0 Å². The van der Waals surface area contributed by atoms with E-state index in [0.717, 1.165) is 24.8 Å². The summed E-state index contributed by atoms with van der Waals surface area (Å²) >= 11 is 0. The normalized spacial score (nSPS) is 26.0. The van der Waals surface area contributed by atoms with Crippen molar-refractivity contribution in [3.8, 4) is 0 Å². The zero-order chi connectivity index (χ0) is 16.4. The molecule has 1 aliphatic carbocycles. The molecule has 1 saturated heterocycles. The molecule has 1 aromatic heterocycles. The van der Waals surface area contributed by atoms with Gasteiger partial charge in [0, 0.05) is 26.9 Å². The Morgan fingerprint density at radius 2 is 2.09 bits per heavy atom. The lowest BCUT2D eigenvalue weighted by molar-refractivity contribution is 0.00635. The van der Waals surface area contributed by atoms with Crippen molar-refractivity contribution in [1.29, 1.82) is 0 Å². The fourth-order valence-corrected chi connectivity index (χ4v) is 5.26. The highest BCUT2D eigenvalue weighted by Gasteiger charge is 2.47. The average molecular weight is 343 g/mol. The summed E-state index contributed by atoms with van der Waals surface area (Å²) in [6.07, 6.45) is 6.59. The van der Waals surface area contributed by atoms with E-state index in [1.807, 2.05) is 13.2 Å². The van der Waals surface area contributed by atoms with Crippen molar-refractivity contribution in [3.63, 3.8) is 0 Å². The topological polar surface area (TPSA) is 73.7 Å². The Morgan fingerprint density at radius 3 is 2.70 bits per heavy atom. The van der Waals surface area contributed by atoms with E-state index in [0.29, 0.717) is 26.2 Å². The van der Waals surface area contributed by atoms with E-state index < -0.39 is 10.0 Å². The van der Waals surface area contributed by atoms with Gasteiger partial charge in [-0.1, -0.05) is 0 Å². The summed E-state index contributed by atoms with van der Waals surface area (Å²) in [7, 11) is 0.302. The Labute approximate surface area is 137 Å². The first kappa shape index (κ1) is 16.9. The second kappa shape index (κ2) is 6.88. The number of aryl methyl sites for hydroxylation is 1. The van der Waals surface area contributed by atoms with Gasteiger partial charge in [0.25, 0.3) is 0 Å². The number of aromatic nitrogens is 2. The van der Waals surface area contributed by atoms with E-state index in [4.69, 9.17) is 9.47 Å². The second-order valence-corrected chi connectivity index (χ2v) is 8.51. The van der Waals surface area contributed by atoms with Crippen molar-refractivity contribution in [3.05, 3.63) is 18.0 Å². The monoisotopic (exact) mass is 343 g/mol. The number of nitrogens with zero attached hydrogens (tertiary/aromatic N) is 3. The third-order valence-corrected chi connectivity index (χ3v) is 6.95. The summed E-state index contributed by atoms with van der Waals surface area (Å²) < 4.78 is 39.8. The molecule has 0 N–H and O–H groups in total. The lowest BCUT2D eigenvalue weighted by atomic mass is 10.1. The van der Waals surface area contributed by atoms with E-state index in [1.54, 1.807) is 22.3 Å². The molecule has 2 aliphatic rings. The van der Waals surface area contributed by atoms with Crippen LogP contribution in [0.5, 0.6) is 0 Å². The number of hydrogen-bond donors (Lipinski definition) is 0. The lowest BCUT2D eigenvalue weighted by Gasteiger charge is -2.27. The number of hydrogen-bond acceptors (Lipinski definition) is 5. The molecule has 1 aromatic rings. The van der Waals surface area contributed by atoms with E-state index in [9.17, 15) is 8.42 Å². The fraction of sp³-hybridized carbons (Fsp3) is 0.800. The standard InChI is InChI=1S/C15H25N3O4S/c1-17-11-12(10-16-17)9-14-15(22-8-7-21-2)5-6-18(14)23(19,20)13-3-4-13/h10-11,13-15H,3-9H2,1-2H3/t14-,15+/m1/s1. The minimum Gasteiger partial charge on any atom is -0.382 e. The molecule has 0 radical (unpaired) electrons. The Bertz CT molecular complexity index is 626. The van der Waals surface area contributed by atoms with E-state index >= 15 is 0 Å². The highest BCUT2D eigenvalue weighted by molar-refractivity contribution is 7.90. The molecule has 2 atom stereocenters. The van der Waals surface area contributed by atoms with Crippen LogP contribution in [0.2, 0.25) is 0 Å². The molecule has 0 unspecified atom stereocenters. The van der Waals surface area contributed by atoms with E-state index in [-0.39, 0.29) is 17.4 Å². The van der Waals surface area contributed by atoms with Crippen LogP contribution < -0.4 is 0 Å². The molecule has 8 heteroatoms. The molecule has 2 heterocycles. The molecule has 2 fully saturated rings. The Hall–Kier alpha value is -0.960. The maximum atomic E-state index is 12.7. The predicted octanol–water partition coefficient (Wildman–Crippen LogP) is 0.561. The summed E-state index contributed by atoms with van der Waals surface area (Å²) in [6.45, 7) is 1.55. The molecule has 130 valence electrons. The van der Waals surface area contributed by atoms with Crippen molar-refractivity contribution < 1.29 is 17.9 Å². The Balaban J connectivity index is 1.75. The van der Waals surface area contributed by atoms with Gasteiger partial charge < -0.3 is 9.47 Å². The SMILES string of the molecule is COCCO[C@H]1CCN(S(=O)(=O)C2CC2)[C@@H]1Cc1cnn(C)c1. The molecule has 0 bridgehead atoms. The van der Waals surface area contributed by atoms with Crippen molar-refractivity contribution >= 4 is 10.0 Å². The molecule has 1 saturated carbocycles. The molecule has 7 nitrogen and oxygen atoms in total. The van der Waals surface area contributed by atoms with E-state index in [1.165, 1.54) is 0 Å². The van der Waals surface area contributed by atoms with Crippen LogP contribution in [0.15, 0.2) is 12.4 Å². The molecule has 1 aliphatic heterocycles. The predicted molar refractivity (Wildman–Crippen MR) is 85.6 cm³/mol. The van der Waals surface area contributed by atoms with Gasteiger partial charge in [-0.25, -0.2) is 8.42 Å². The fourth-order valence-electron chi connectivity index (χ4n) is 3.20. The number of methoxy groups -OCH3 is 1. The summed E-state index contributed by atoms with van der Waals surface area (Å²) in [5.41, 5.74) is 1.04. The smallest absolute Gasteiger partial charge is 0.217 e. The number of ether oxygens (including phenoxy) is 2. The lowest BCUT2D eigenvalue weighted by Crippen LogP contribution is -2.43. The van der Waals surface area contributed by atoms with Gasteiger partial charge in [-0.05, 0) is 31.2 Å². The van der Waals surface area contributed by atoms with Crippen LogP contribution in [-0.4, -0.2) is 66.8 Å². The van der Waals surface area contributed by atoms with Crippen LogP contribution in [0.3, 0.4) is 0 Å². The zero-order valence-electron chi connectivity index (χ0n) is 13.7. The highest BCUT2D eigenvalue weighted by Crippen LogP contribution is 2.36. The van der Waals surface area contributed by atoms with Gasteiger partial charge in [0.05, 0.1) is 36.8 Å². The molecular formula is C15H25N3O4S. The molecule has 0 aromatic carbocycles. The zero-order valence-corrected chi connectivity index (χ0v) is 14.5. The van der Waals surface area contributed by atoms with Gasteiger partial charge >= 0.3 is 0 Å². The molecule has 3 rings (SSSR count). The molecular weight excluding hydrogens is 318 g/mol. The average Bonchev–Trinajstić information content (AvgIpc) is 3.19. The minimum absolute atomic E-state index is 0.0844. The first-order valence-electron chi connectivity index (χ1n) is 8.11. The van der Waals surface area contributed by atoms with Crippen molar-refractivity contribution in [2.24, 2.45) is 7.05 Å². The van der Waals surface area contributed by atoms with Crippen molar-refractivity contribution in [2.45, 2.75) is 43.1 Å². The maximum Gasteiger partial charge on any atom is 0.217 e. The van der Waals surface area contributed by atoms with Crippen molar-refractivity contribution in [1.82, 2.24) is 14.1 Å². The van der Waals surface area contributed by atoms with Crippen LogP contribution in [0.25, 0.3) is 0 Å². The van der Waals surface area contributed by atoms with E-state index in [2.05, 4.69) is 5.10 Å². The van der Waals surface area contributed by atoms with Crippen LogP contribution in [0, 0.1) is 0 Å². The van der Waals surface area contributed by atoms with Crippen LogP contribution in [-0.2, 0) is 33.0 Å². The first-order valence-corrected chi connectivity index (χ1v) is 9.61. The number of sulfonamides is 1. The third-order valence-electron chi connectivity index (χ3n) is 4.53. The van der Waals surface area contributed by atoms with Crippen molar-refractivity contribution in [2.75, 3.05) is 26.9 Å². The largest absolute Gasteiger partial charge is 0.382 e. The third kappa shape index (κ3) is 3.76. The van der Waals surface area contributed by atoms with Gasteiger partial charge in [-0.15, -0.1) is 0 Å².